The van der Waals surface area contributed by atoms with E-state index in [9.17, 15) is 14.4 Å². The third kappa shape index (κ3) is 34.3. The lowest BCUT2D eigenvalue weighted by Gasteiger charge is -2.13. The number of hydrogen-bond acceptors (Lipinski definition) is 5. The van der Waals surface area contributed by atoms with Crippen LogP contribution in [0.4, 0.5) is 0 Å². The number of carboxylic acids is 1. The lowest BCUT2D eigenvalue weighted by atomic mass is 10.1. The third-order valence-electron chi connectivity index (χ3n) is 4.17. The number of primary amides is 1. The van der Waals surface area contributed by atoms with Crippen molar-refractivity contribution < 1.29 is 24.2 Å². The van der Waals surface area contributed by atoms with Gasteiger partial charge >= 0.3 is 11.9 Å². The minimum absolute atomic E-state index is 0.159. The quantitative estimate of drug-likeness (QED) is 0.320. The lowest BCUT2D eigenvalue weighted by molar-refractivity contribution is -0.142. The molecule has 0 heterocycles. The van der Waals surface area contributed by atoms with Gasteiger partial charge in [0.25, 0.3) is 0 Å². The Balaban J connectivity index is -0.000000383. The van der Waals surface area contributed by atoms with Gasteiger partial charge in [-0.15, -0.1) is 0 Å². The van der Waals surface area contributed by atoms with Crippen LogP contribution in [0, 0.1) is 0 Å². The van der Waals surface area contributed by atoms with Gasteiger partial charge in [0.05, 0.1) is 6.61 Å². The summed E-state index contributed by atoms with van der Waals surface area (Å²) in [6.45, 7) is 7.81. The molecule has 1 atom stereocenters. The molecule has 0 radical (unpaired) electrons. The second kappa shape index (κ2) is 24.4. The van der Waals surface area contributed by atoms with E-state index in [1.54, 1.807) is 25.9 Å². The largest absolute Gasteiger partial charge is 0.480 e. The Hall–Kier alpha value is -1.63. The maximum atomic E-state index is 10.4. The summed E-state index contributed by atoms with van der Waals surface area (Å²) in [5, 5.41) is 8.31. The number of carbonyl (C=O) groups is 3. The van der Waals surface area contributed by atoms with Crippen LogP contribution in [0.15, 0.2) is 0 Å². The van der Waals surface area contributed by atoms with Crippen LogP contribution in [0.25, 0.3) is 0 Å². The minimum Gasteiger partial charge on any atom is -0.480 e. The molecule has 0 aromatic carbocycles. The number of carbonyl (C=O) groups excluding carboxylic acids is 2. The number of aliphatic carboxylic acids is 1. The van der Waals surface area contributed by atoms with Gasteiger partial charge in [0.15, 0.2) is 0 Å². The Labute approximate surface area is 178 Å². The van der Waals surface area contributed by atoms with Gasteiger partial charge in [0, 0.05) is 13.3 Å². The van der Waals surface area contributed by atoms with Crippen molar-refractivity contribution in [1.82, 2.24) is 4.90 Å². The van der Waals surface area contributed by atoms with Gasteiger partial charge in [0.1, 0.15) is 6.04 Å². The summed E-state index contributed by atoms with van der Waals surface area (Å²) in [6.07, 6.45) is 13.0. The summed E-state index contributed by atoms with van der Waals surface area (Å²) in [6, 6.07) is -0.380. The average molecular weight is 419 g/mol. The van der Waals surface area contributed by atoms with E-state index in [2.05, 4.69) is 11.7 Å². The number of nitrogens with zero attached hydrogens (tertiary/aromatic N) is 1. The molecule has 3 N–H and O–H groups in total. The molecule has 0 saturated carbocycles. The van der Waals surface area contributed by atoms with Crippen molar-refractivity contribution in [1.29, 1.82) is 0 Å². The highest BCUT2D eigenvalue weighted by Crippen LogP contribution is 2.10. The molecule has 7 nitrogen and oxygen atoms in total. The SMILES string of the molecule is CC(C(=O)O)N(C)C.CCCCCCCCCCCC(N)=O.CCCOC(C)=O. The van der Waals surface area contributed by atoms with E-state index in [0.29, 0.717) is 13.0 Å². The Bertz CT molecular complexity index is 401. The van der Waals surface area contributed by atoms with Crippen LogP contribution in [0.5, 0.6) is 0 Å². The van der Waals surface area contributed by atoms with Gasteiger partial charge in [-0.1, -0.05) is 65.2 Å². The van der Waals surface area contributed by atoms with Crippen molar-refractivity contribution in [2.24, 2.45) is 5.73 Å². The van der Waals surface area contributed by atoms with E-state index in [1.165, 1.54) is 51.9 Å². The second-order valence-electron chi connectivity index (χ2n) is 7.36. The first-order valence-electron chi connectivity index (χ1n) is 10.9. The zero-order chi connectivity index (χ0) is 23.1. The van der Waals surface area contributed by atoms with Crippen LogP contribution in [0.3, 0.4) is 0 Å². The van der Waals surface area contributed by atoms with Crippen molar-refractivity contribution in [3.8, 4) is 0 Å². The average Bonchev–Trinajstić information content (AvgIpc) is 2.65. The molecule has 0 spiro atoms. The molecule has 0 aliphatic carbocycles. The van der Waals surface area contributed by atoms with Crippen molar-refractivity contribution >= 4 is 17.8 Å². The van der Waals surface area contributed by atoms with Crippen LogP contribution in [0.1, 0.15) is 98.3 Å². The molecular weight excluding hydrogens is 372 g/mol. The van der Waals surface area contributed by atoms with Crippen molar-refractivity contribution in [3.63, 3.8) is 0 Å². The van der Waals surface area contributed by atoms with Crippen LogP contribution < -0.4 is 5.73 Å². The highest BCUT2D eigenvalue weighted by Gasteiger charge is 2.11. The molecule has 0 bridgehead atoms. The summed E-state index contributed by atoms with van der Waals surface area (Å²) in [7, 11) is 3.47. The van der Waals surface area contributed by atoms with E-state index in [-0.39, 0.29) is 17.9 Å². The Morgan fingerprint density at radius 1 is 0.897 bits per heavy atom. The maximum absolute atomic E-state index is 10.4. The van der Waals surface area contributed by atoms with Crippen LogP contribution in [-0.4, -0.2) is 54.6 Å². The fourth-order valence-electron chi connectivity index (χ4n) is 2.08. The number of amides is 1. The molecule has 0 aromatic rings. The molecule has 0 saturated heterocycles. The predicted octanol–water partition coefficient (Wildman–Crippen LogP) is 4.37. The highest BCUT2D eigenvalue weighted by molar-refractivity contribution is 5.73. The molecule has 7 heteroatoms. The van der Waals surface area contributed by atoms with Gasteiger partial charge < -0.3 is 15.6 Å². The normalized spacial score (nSPS) is 10.9. The highest BCUT2D eigenvalue weighted by atomic mass is 16.5. The number of likely N-dealkylation sites (N-methyl/N-ethyl adjacent to an activating group) is 1. The molecule has 0 fully saturated rings. The number of esters is 1. The van der Waals surface area contributed by atoms with Crippen molar-refractivity contribution in [2.75, 3.05) is 20.7 Å². The first kappa shape index (κ1) is 32.0. The molecule has 0 rings (SSSR count). The van der Waals surface area contributed by atoms with E-state index in [4.69, 9.17) is 10.8 Å². The van der Waals surface area contributed by atoms with Gasteiger partial charge in [-0.25, -0.2) is 0 Å². The first-order valence-corrected chi connectivity index (χ1v) is 10.9. The minimum atomic E-state index is -0.782. The summed E-state index contributed by atoms with van der Waals surface area (Å²) in [5.41, 5.74) is 5.05. The Morgan fingerprint density at radius 3 is 1.59 bits per heavy atom. The fraction of sp³-hybridized carbons (Fsp3) is 0.864. The van der Waals surface area contributed by atoms with Crippen LogP contribution in [-0.2, 0) is 19.1 Å². The molecule has 174 valence electrons. The number of carboxylic acid groups (broad SMARTS) is 1. The molecule has 0 aromatic heterocycles. The van der Waals surface area contributed by atoms with Gasteiger partial charge in [-0.05, 0) is 33.9 Å². The fourth-order valence-corrected chi connectivity index (χ4v) is 2.08. The topological polar surface area (TPSA) is 110 Å². The molecule has 1 unspecified atom stereocenters. The molecular formula is C22H46N2O5. The number of ether oxygens (including phenoxy) is 1. The molecule has 1 amide bonds. The standard InChI is InChI=1S/C12H25NO.C5H11NO2.C5H10O2/c1-2-3-4-5-6-7-8-9-10-11-12(13)14;1-4(5(7)8)6(2)3;1-3-4-7-5(2)6/h2-11H2,1H3,(H2,13,14);4H,1-3H3,(H,7,8);3-4H2,1-2H3. The van der Waals surface area contributed by atoms with E-state index >= 15 is 0 Å². The summed E-state index contributed by atoms with van der Waals surface area (Å²) in [4.78, 5) is 32.1. The monoisotopic (exact) mass is 418 g/mol. The maximum Gasteiger partial charge on any atom is 0.320 e. The van der Waals surface area contributed by atoms with Crippen molar-refractivity contribution in [2.45, 2.75) is 104 Å². The Kier molecular flexibility index (Phi) is 27.0. The zero-order valence-electron chi connectivity index (χ0n) is 19.7. The van der Waals surface area contributed by atoms with Gasteiger partial charge in [-0.2, -0.15) is 0 Å². The molecule has 29 heavy (non-hydrogen) atoms. The van der Waals surface area contributed by atoms with Gasteiger partial charge in [-0.3, -0.25) is 19.3 Å². The molecule has 0 aliphatic rings. The second-order valence-corrected chi connectivity index (χ2v) is 7.36. The smallest absolute Gasteiger partial charge is 0.320 e. The number of nitrogens with two attached hydrogens (primary N) is 1. The van der Waals surface area contributed by atoms with Crippen molar-refractivity contribution in [3.05, 3.63) is 0 Å². The van der Waals surface area contributed by atoms with E-state index in [1.807, 2.05) is 6.92 Å². The van der Waals surface area contributed by atoms with E-state index < -0.39 is 5.97 Å². The number of unbranched alkanes of at least 4 members (excludes halogenated alkanes) is 8. The first-order chi connectivity index (χ1) is 13.6. The third-order valence-corrected chi connectivity index (χ3v) is 4.17. The number of hydrogen-bond donors (Lipinski definition) is 2. The summed E-state index contributed by atoms with van der Waals surface area (Å²) in [5.74, 6) is -1.13. The zero-order valence-corrected chi connectivity index (χ0v) is 19.7. The van der Waals surface area contributed by atoms with Gasteiger partial charge in [0.2, 0.25) is 5.91 Å². The summed E-state index contributed by atoms with van der Waals surface area (Å²) >= 11 is 0. The molecule has 0 aliphatic heterocycles. The number of rotatable bonds is 14. The summed E-state index contributed by atoms with van der Waals surface area (Å²) < 4.78 is 4.55. The predicted molar refractivity (Wildman–Crippen MR) is 119 cm³/mol. The van der Waals surface area contributed by atoms with Crippen LogP contribution in [0.2, 0.25) is 0 Å². The van der Waals surface area contributed by atoms with E-state index in [0.717, 1.165) is 19.3 Å². The Morgan fingerprint density at radius 2 is 1.34 bits per heavy atom. The van der Waals surface area contributed by atoms with Crippen LogP contribution >= 0.6 is 0 Å². The lowest BCUT2D eigenvalue weighted by Crippen LogP contribution is -2.32.